The van der Waals surface area contributed by atoms with Crippen LogP contribution in [0.5, 0.6) is 0 Å². The van der Waals surface area contributed by atoms with Gasteiger partial charge in [0.2, 0.25) is 0 Å². The Labute approximate surface area is 219 Å². The van der Waals surface area contributed by atoms with Gasteiger partial charge in [-0.1, -0.05) is 30.3 Å². The molecule has 0 fully saturated rings. The zero-order valence-corrected chi connectivity index (χ0v) is 20.7. The first-order valence-electron chi connectivity index (χ1n) is 12.0. The number of carbonyl (C=O) groups excluding carboxylic acids is 1. The molecule has 1 aliphatic rings. The van der Waals surface area contributed by atoms with Crippen molar-refractivity contribution >= 4 is 40.3 Å². The van der Waals surface area contributed by atoms with E-state index < -0.39 is 0 Å². The number of nitrogens with zero attached hydrogens (tertiary/aromatic N) is 2. The van der Waals surface area contributed by atoms with Crippen molar-refractivity contribution in [1.82, 2.24) is 5.32 Å². The summed E-state index contributed by atoms with van der Waals surface area (Å²) in [5.74, 6) is -0.408. The summed E-state index contributed by atoms with van der Waals surface area (Å²) in [6, 6.07) is 25.6. The number of benzene rings is 4. The number of anilines is 2. The topological polar surface area (TPSA) is 44.7 Å². The van der Waals surface area contributed by atoms with Crippen molar-refractivity contribution in [1.29, 1.82) is 0 Å². The highest BCUT2D eigenvalue weighted by Gasteiger charge is 2.24. The highest BCUT2D eigenvalue weighted by molar-refractivity contribution is 6.19. The lowest BCUT2D eigenvalue weighted by Crippen LogP contribution is -2.23. The van der Waals surface area contributed by atoms with Gasteiger partial charge < -0.3 is 10.2 Å². The normalized spacial score (nSPS) is 12.3. The third-order valence-corrected chi connectivity index (χ3v) is 6.48. The van der Waals surface area contributed by atoms with Gasteiger partial charge in [0.1, 0.15) is 11.6 Å². The number of para-hydroxylation sites is 1. The van der Waals surface area contributed by atoms with Crippen LogP contribution >= 0.6 is 11.6 Å². The zero-order chi connectivity index (χ0) is 25.8. The minimum atomic E-state index is -0.324. The maximum atomic E-state index is 13.7. The summed E-state index contributed by atoms with van der Waals surface area (Å²) in [5.41, 5.74) is 6.05. The van der Waals surface area contributed by atoms with Crippen LogP contribution in [0.4, 0.5) is 25.8 Å². The smallest absolute Gasteiger partial charge is 0.251 e. The maximum Gasteiger partial charge on any atom is 0.251 e. The maximum absolute atomic E-state index is 13.7. The highest BCUT2D eigenvalue weighted by Crippen LogP contribution is 2.41. The number of hydrogen-bond acceptors (Lipinski definition) is 3. The van der Waals surface area contributed by atoms with Gasteiger partial charge in [0, 0.05) is 35.7 Å². The predicted molar refractivity (Wildman–Crippen MR) is 144 cm³/mol. The molecule has 0 aliphatic carbocycles. The van der Waals surface area contributed by atoms with Crippen LogP contribution in [-0.2, 0) is 6.54 Å². The molecule has 186 valence electrons. The molecule has 0 aromatic heterocycles. The first-order valence-corrected chi connectivity index (χ1v) is 12.5. The van der Waals surface area contributed by atoms with Crippen molar-refractivity contribution < 1.29 is 13.6 Å². The van der Waals surface area contributed by atoms with E-state index in [1.807, 2.05) is 30.3 Å². The molecule has 1 amide bonds. The summed E-state index contributed by atoms with van der Waals surface area (Å²) in [6.07, 6.45) is 0.751. The lowest BCUT2D eigenvalue weighted by Gasteiger charge is -2.26. The Bertz CT molecular complexity index is 1450. The van der Waals surface area contributed by atoms with E-state index in [-0.39, 0.29) is 24.1 Å². The molecule has 0 bridgehead atoms. The molecule has 1 aliphatic heterocycles. The third-order valence-electron chi connectivity index (χ3n) is 6.21. The van der Waals surface area contributed by atoms with Gasteiger partial charge in [-0.05, 0) is 72.6 Å². The molecule has 4 aromatic carbocycles. The average Bonchev–Trinajstić information content (AvgIpc) is 3.06. The zero-order valence-electron chi connectivity index (χ0n) is 19.9. The fraction of sp³-hybridized carbons (Fsp3) is 0.133. The number of fused-ring (bicyclic) bond motifs is 2. The molecule has 0 radical (unpaired) electrons. The Morgan fingerprint density at radius 3 is 2.30 bits per heavy atom. The second-order valence-corrected chi connectivity index (χ2v) is 9.07. The second kappa shape index (κ2) is 10.9. The molecule has 1 heterocycles. The van der Waals surface area contributed by atoms with E-state index in [1.165, 1.54) is 24.3 Å². The minimum Gasteiger partial charge on any atom is -0.348 e. The highest BCUT2D eigenvalue weighted by atomic mass is 35.5. The molecule has 0 spiro atoms. The molecular formula is C30H24ClF2N3O. The summed E-state index contributed by atoms with van der Waals surface area (Å²) in [7, 11) is 0. The van der Waals surface area contributed by atoms with Gasteiger partial charge in [-0.3, -0.25) is 4.79 Å². The summed E-state index contributed by atoms with van der Waals surface area (Å²) in [5, 5.41) is 2.89. The van der Waals surface area contributed by atoms with Crippen LogP contribution in [0.2, 0.25) is 0 Å². The number of amides is 1. The van der Waals surface area contributed by atoms with Crippen LogP contribution in [0.1, 0.15) is 33.5 Å². The average molecular weight is 516 g/mol. The molecule has 4 nitrogen and oxygen atoms in total. The van der Waals surface area contributed by atoms with Crippen LogP contribution in [-0.4, -0.2) is 24.0 Å². The Balaban J connectivity index is 1.56. The number of nitrogens with one attached hydrogen (secondary N) is 1. The lowest BCUT2D eigenvalue weighted by molar-refractivity contribution is 0.0951. The standard InChI is InChI=1S/C30H24ClF2N3O/c31-16-3-17-36-27-5-2-1-4-25(27)29(21-8-13-24(33)14-9-21)35-26-18-22(10-15-28(26)36)30(37)34-19-20-6-11-23(32)12-7-20/h1-2,4-15,18H,3,16-17,19H2,(H,34,37). The quantitative estimate of drug-likeness (QED) is 0.266. The van der Waals surface area contributed by atoms with Gasteiger partial charge in [0.25, 0.3) is 5.91 Å². The summed E-state index contributed by atoms with van der Waals surface area (Å²) in [4.78, 5) is 20.2. The van der Waals surface area contributed by atoms with Crippen molar-refractivity contribution in [3.05, 3.63) is 125 Å². The van der Waals surface area contributed by atoms with Gasteiger partial charge in [0.05, 0.1) is 22.8 Å². The van der Waals surface area contributed by atoms with Crippen molar-refractivity contribution in [3.63, 3.8) is 0 Å². The fourth-order valence-corrected chi connectivity index (χ4v) is 4.49. The van der Waals surface area contributed by atoms with Crippen LogP contribution in [0.25, 0.3) is 0 Å². The van der Waals surface area contributed by atoms with Crippen molar-refractivity contribution in [2.75, 3.05) is 17.3 Å². The molecule has 0 atom stereocenters. The number of hydrogen-bond donors (Lipinski definition) is 1. The van der Waals surface area contributed by atoms with E-state index in [2.05, 4.69) is 10.2 Å². The Kier molecular flexibility index (Phi) is 7.28. The van der Waals surface area contributed by atoms with Gasteiger partial charge in [-0.15, -0.1) is 11.6 Å². The number of alkyl halides is 1. The van der Waals surface area contributed by atoms with E-state index in [4.69, 9.17) is 16.6 Å². The second-order valence-electron chi connectivity index (χ2n) is 8.69. The Morgan fingerprint density at radius 2 is 1.57 bits per heavy atom. The molecule has 1 N–H and O–H groups in total. The van der Waals surface area contributed by atoms with Crippen molar-refractivity contribution in [2.45, 2.75) is 13.0 Å². The molecular weight excluding hydrogens is 492 g/mol. The third kappa shape index (κ3) is 5.39. The predicted octanol–water partition coefficient (Wildman–Crippen LogP) is 7.14. The monoisotopic (exact) mass is 515 g/mol. The Hall–Kier alpha value is -4.03. The van der Waals surface area contributed by atoms with Gasteiger partial charge in [-0.25, -0.2) is 13.8 Å². The minimum absolute atomic E-state index is 0.264. The summed E-state index contributed by atoms with van der Waals surface area (Å²) < 4.78 is 26.9. The SMILES string of the molecule is O=C(NCc1ccc(F)cc1)c1ccc2c(c1)N=C(c1ccc(F)cc1)c1ccccc1N2CCCCl. The number of rotatable bonds is 7. The van der Waals surface area contributed by atoms with Crippen molar-refractivity contribution in [3.8, 4) is 0 Å². The van der Waals surface area contributed by atoms with E-state index in [1.54, 1.807) is 36.4 Å². The lowest BCUT2D eigenvalue weighted by atomic mass is 10.00. The largest absolute Gasteiger partial charge is 0.348 e. The first-order chi connectivity index (χ1) is 18.0. The summed E-state index contributed by atoms with van der Waals surface area (Å²) >= 11 is 6.05. The molecule has 0 saturated carbocycles. The summed E-state index contributed by atoms with van der Waals surface area (Å²) in [6.45, 7) is 0.934. The first kappa shape index (κ1) is 24.7. The number of aliphatic imine (C=N–C) groups is 1. The fourth-order valence-electron chi connectivity index (χ4n) is 4.38. The van der Waals surface area contributed by atoms with E-state index in [9.17, 15) is 13.6 Å². The molecule has 5 rings (SSSR count). The molecule has 0 saturated heterocycles. The molecule has 0 unspecified atom stereocenters. The van der Waals surface area contributed by atoms with Gasteiger partial charge in [-0.2, -0.15) is 0 Å². The van der Waals surface area contributed by atoms with Crippen LogP contribution in [0.15, 0.2) is 96.0 Å². The van der Waals surface area contributed by atoms with E-state index >= 15 is 0 Å². The van der Waals surface area contributed by atoms with Crippen LogP contribution in [0.3, 0.4) is 0 Å². The van der Waals surface area contributed by atoms with Crippen molar-refractivity contribution in [2.24, 2.45) is 4.99 Å². The number of carbonyl (C=O) groups is 1. The van der Waals surface area contributed by atoms with Crippen LogP contribution in [0, 0.1) is 11.6 Å². The number of halogens is 3. The van der Waals surface area contributed by atoms with E-state index in [0.717, 1.165) is 34.5 Å². The van der Waals surface area contributed by atoms with E-state index in [0.29, 0.717) is 29.4 Å². The van der Waals surface area contributed by atoms with Gasteiger partial charge >= 0.3 is 0 Å². The van der Waals surface area contributed by atoms with Crippen LogP contribution < -0.4 is 10.2 Å². The molecule has 7 heteroatoms. The Morgan fingerprint density at radius 1 is 0.865 bits per heavy atom. The molecule has 4 aromatic rings. The van der Waals surface area contributed by atoms with Gasteiger partial charge in [0.15, 0.2) is 0 Å². The molecule has 37 heavy (non-hydrogen) atoms.